The summed E-state index contributed by atoms with van der Waals surface area (Å²) in [6, 6.07) is 0.473. The van der Waals surface area contributed by atoms with Crippen LogP contribution in [0.1, 0.15) is 20.8 Å². The highest BCUT2D eigenvalue weighted by atomic mass is 32.2. The third-order valence-corrected chi connectivity index (χ3v) is 5.05. The topological polar surface area (TPSA) is 49.4 Å². The Kier molecular flexibility index (Phi) is 4.55. The first kappa shape index (κ1) is 12.9. The molecule has 0 aromatic heterocycles. The molecule has 90 valence electrons. The summed E-state index contributed by atoms with van der Waals surface area (Å²) in [5, 5.41) is 3.09. The van der Waals surface area contributed by atoms with Crippen LogP contribution in [0.5, 0.6) is 0 Å². The van der Waals surface area contributed by atoms with Gasteiger partial charge in [-0.2, -0.15) is 0 Å². The van der Waals surface area contributed by atoms with E-state index in [2.05, 4.69) is 17.1 Å². The molecule has 1 rings (SSSR count). The molecule has 0 aromatic carbocycles. The Balaban J connectivity index is 2.37. The van der Waals surface area contributed by atoms with E-state index >= 15 is 0 Å². The second kappa shape index (κ2) is 5.27. The molecule has 1 heterocycles. The molecule has 1 aliphatic heterocycles. The number of nitrogens with one attached hydrogen (secondary N) is 1. The monoisotopic (exact) mass is 234 g/mol. The van der Waals surface area contributed by atoms with Gasteiger partial charge in [-0.3, -0.25) is 4.90 Å². The van der Waals surface area contributed by atoms with Crippen molar-refractivity contribution in [2.45, 2.75) is 32.1 Å². The van der Waals surface area contributed by atoms with Crippen LogP contribution in [0.2, 0.25) is 0 Å². The van der Waals surface area contributed by atoms with Gasteiger partial charge in [0, 0.05) is 32.2 Å². The molecule has 0 amide bonds. The molecule has 0 aliphatic carbocycles. The average molecular weight is 234 g/mol. The lowest BCUT2D eigenvalue weighted by Crippen LogP contribution is -2.50. The standard InChI is InChI=1S/C10H22N2O2S/c1-9(2)15(13,14)7-6-12-5-4-11-10(3)8-12/h9-11H,4-8H2,1-3H3/t10-/m0/s1. The quantitative estimate of drug-likeness (QED) is 0.750. The second-order valence-corrected chi connectivity index (χ2v) is 7.25. The van der Waals surface area contributed by atoms with E-state index in [4.69, 9.17) is 0 Å². The van der Waals surface area contributed by atoms with Crippen LogP contribution in [0.4, 0.5) is 0 Å². The minimum atomic E-state index is -2.88. The summed E-state index contributed by atoms with van der Waals surface area (Å²) >= 11 is 0. The molecule has 4 nitrogen and oxygen atoms in total. The number of rotatable bonds is 4. The fraction of sp³-hybridized carbons (Fsp3) is 1.00. The predicted octanol–water partition coefficient (Wildman–Crippen LogP) is 0.103. The van der Waals surface area contributed by atoms with Gasteiger partial charge in [0.05, 0.1) is 11.0 Å². The highest BCUT2D eigenvalue weighted by molar-refractivity contribution is 7.92. The van der Waals surface area contributed by atoms with E-state index in [0.29, 0.717) is 12.6 Å². The summed E-state index contributed by atoms with van der Waals surface area (Å²) in [5.74, 6) is 0.289. The van der Waals surface area contributed by atoms with E-state index in [1.807, 2.05) is 0 Å². The van der Waals surface area contributed by atoms with Gasteiger partial charge in [0.25, 0.3) is 0 Å². The first-order chi connectivity index (χ1) is 6.92. The summed E-state index contributed by atoms with van der Waals surface area (Å²) in [5.41, 5.74) is 0. The number of piperazine rings is 1. The van der Waals surface area contributed by atoms with E-state index in [1.165, 1.54) is 0 Å². The molecular formula is C10H22N2O2S. The normalized spacial score (nSPS) is 24.7. The highest BCUT2D eigenvalue weighted by Crippen LogP contribution is 2.04. The molecule has 5 heteroatoms. The third-order valence-electron chi connectivity index (χ3n) is 2.86. The maximum Gasteiger partial charge on any atom is 0.153 e. The van der Waals surface area contributed by atoms with Crippen molar-refractivity contribution in [2.75, 3.05) is 31.9 Å². The fourth-order valence-electron chi connectivity index (χ4n) is 1.71. The second-order valence-electron chi connectivity index (χ2n) is 4.57. The van der Waals surface area contributed by atoms with Crippen LogP contribution >= 0.6 is 0 Å². The summed E-state index contributed by atoms with van der Waals surface area (Å²) in [4.78, 5) is 2.22. The van der Waals surface area contributed by atoms with Crippen LogP contribution in [-0.2, 0) is 9.84 Å². The molecule has 0 aromatic rings. The zero-order chi connectivity index (χ0) is 11.5. The molecule has 1 N–H and O–H groups in total. The van der Waals surface area contributed by atoms with E-state index < -0.39 is 9.84 Å². The molecule has 15 heavy (non-hydrogen) atoms. The molecule has 0 unspecified atom stereocenters. The summed E-state index contributed by atoms with van der Waals surface area (Å²) in [6.07, 6.45) is 0. The predicted molar refractivity (Wildman–Crippen MR) is 62.8 cm³/mol. The molecule has 0 spiro atoms. The lowest BCUT2D eigenvalue weighted by atomic mass is 10.2. The number of nitrogens with zero attached hydrogens (tertiary/aromatic N) is 1. The van der Waals surface area contributed by atoms with Gasteiger partial charge in [-0.25, -0.2) is 8.42 Å². The SMILES string of the molecule is CC(C)S(=O)(=O)CCN1CCN[C@@H](C)C1. The van der Waals surface area contributed by atoms with Crippen LogP contribution in [0.25, 0.3) is 0 Å². The first-order valence-electron chi connectivity index (χ1n) is 5.59. The van der Waals surface area contributed by atoms with Crippen molar-refractivity contribution in [3.8, 4) is 0 Å². The van der Waals surface area contributed by atoms with Gasteiger partial charge in [0.15, 0.2) is 9.84 Å². The van der Waals surface area contributed by atoms with Crippen molar-refractivity contribution in [1.29, 1.82) is 0 Å². The van der Waals surface area contributed by atoms with Crippen LogP contribution in [0.3, 0.4) is 0 Å². The number of hydrogen-bond donors (Lipinski definition) is 1. The molecule has 0 saturated carbocycles. The Morgan fingerprint density at radius 3 is 2.67 bits per heavy atom. The van der Waals surface area contributed by atoms with E-state index in [0.717, 1.165) is 19.6 Å². The van der Waals surface area contributed by atoms with Gasteiger partial charge < -0.3 is 5.32 Å². The zero-order valence-corrected chi connectivity index (χ0v) is 10.7. The number of hydrogen-bond acceptors (Lipinski definition) is 4. The minimum absolute atomic E-state index is 0.252. The lowest BCUT2D eigenvalue weighted by molar-refractivity contribution is 0.217. The summed E-state index contributed by atoms with van der Waals surface area (Å²) in [7, 11) is -2.88. The van der Waals surface area contributed by atoms with Gasteiger partial charge in [-0.05, 0) is 20.8 Å². The van der Waals surface area contributed by atoms with Crippen molar-refractivity contribution < 1.29 is 8.42 Å². The lowest BCUT2D eigenvalue weighted by Gasteiger charge is -2.31. The maximum atomic E-state index is 11.6. The Labute approximate surface area is 93.0 Å². The van der Waals surface area contributed by atoms with Crippen molar-refractivity contribution in [3.63, 3.8) is 0 Å². The van der Waals surface area contributed by atoms with E-state index in [-0.39, 0.29) is 11.0 Å². The van der Waals surface area contributed by atoms with Crippen LogP contribution < -0.4 is 5.32 Å². The largest absolute Gasteiger partial charge is 0.312 e. The Morgan fingerprint density at radius 2 is 2.13 bits per heavy atom. The Bertz CT molecular complexity index is 288. The van der Waals surface area contributed by atoms with Crippen LogP contribution in [0, 0.1) is 0 Å². The first-order valence-corrected chi connectivity index (χ1v) is 7.30. The fourth-order valence-corrected chi connectivity index (χ4v) is 2.69. The smallest absolute Gasteiger partial charge is 0.153 e. The van der Waals surface area contributed by atoms with Crippen molar-refractivity contribution in [1.82, 2.24) is 10.2 Å². The third kappa shape index (κ3) is 4.09. The van der Waals surface area contributed by atoms with Crippen molar-refractivity contribution in [3.05, 3.63) is 0 Å². The van der Waals surface area contributed by atoms with Gasteiger partial charge in [0.1, 0.15) is 0 Å². The Hall–Kier alpha value is -0.130. The van der Waals surface area contributed by atoms with Crippen LogP contribution in [-0.4, -0.2) is 56.5 Å². The molecule has 1 fully saturated rings. The molecule has 1 aliphatic rings. The molecule has 1 saturated heterocycles. The molecule has 0 bridgehead atoms. The van der Waals surface area contributed by atoms with Gasteiger partial charge in [-0.15, -0.1) is 0 Å². The molecule has 1 atom stereocenters. The van der Waals surface area contributed by atoms with Crippen molar-refractivity contribution in [2.24, 2.45) is 0 Å². The number of sulfone groups is 1. The minimum Gasteiger partial charge on any atom is -0.312 e. The van der Waals surface area contributed by atoms with E-state index in [9.17, 15) is 8.42 Å². The van der Waals surface area contributed by atoms with Gasteiger partial charge in [-0.1, -0.05) is 0 Å². The zero-order valence-electron chi connectivity index (χ0n) is 9.86. The summed E-state index contributed by atoms with van der Waals surface area (Å²) in [6.45, 7) is 9.16. The van der Waals surface area contributed by atoms with Crippen LogP contribution in [0.15, 0.2) is 0 Å². The maximum absolute atomic E-state index is 11.6. The molecule has 0 radical (unpaired) electrons. The van der Waals surface area contributed by atoms with E-state index in [1.54, 1.807) is 13.8 Å². The average Bonchev–Trinajstić information content (AvgIpc) is 2.15. The summed E-state index contributed by atoms with van der Waals surface area (Å²) < 4.78 is 23.2. The van der Waals surface area contributed by atoms with Gasteiger partial charge >= 0.3 is 0 Å². The Morgan fingerprint density at radius 1 is 1.47 bits per heavy atom. The highest BCUT2D eigenvalue weighted by Gasteiger charge is 2.20. The van der Waals surface area contributed by atoms with Gasteiger partial charge in [0.2, 0.25) is 0 Å². The molecular weight excluding hydrogens is 212 g/mol. The van der Waals surface area contributed by atoms with Crippen molar-refractivity contribution >= 4 is 9.84 Å².